The lowest BCUT2D eigenvalue weighted by atomic mass is 10.2. The lowest BCUT2D eigenvalue weighted by molar-refractivity contribution is 0.0955. The van der Waals surface area contributed by atoms with E-state index in [1.54, 1.807) is 0 Å². The number of rotatable bonds is 2. The molecule has 0 saturated carbocycles. The second-order valence-electron chi connectivity index (χ2n) is 2.48. The second-order valence-corrected chi connectivity index (χ2v) is 3.34. The molecule has 0 radical (unpaired) electrons. The van der Waals surface area contributed by atoms with Gasteiger partial charge in [0, 0.05) is 11.0 Å². The van der Waals surface area contributed by atoms with Crippen LogP contribution in [-0.2, 0) is 0 Å². The van der Waals surface area contributed by atoms with Crippen molar-refractivity contribution in [3.8, 4) is 0 Å². The zero-order valence-electron chi connectivity index (χ0n) is 7.10. The normalized spacial score (nSPS) is 9.77. The van der Waals surface area contributed by atoms with E-state index >= 15 is 0 Å². The Labute approximate surface area is 84.3 Å². The molecule has 1 rings (SSSR count). The largest absolute Gasteiger partial charge is 0.352 e. The molecule has 0 saturated heterocycles. The number of amides is 1. The van der Waals surface area contributed by atoms with E-state index in [0.717, 1.165) is 0 Å². The maximum Gasteiger partial charge on any atom is 0.252 e. The van der Waals surface area contributed by atoms with Gasteiger partial charge in [-0.1, -0.05) is 0 Å². The summed E-state index contributed by atoms with van der Waals surface area (Å²) in [6.45, 7) is 2.39. The van der Waals surface area contributed by atoms with E-state index < -0.39 is 0 Å². The van der Waals surface area contributed by atoms with E-state index in [-0.39, 0.29) is 11.7 Å². The number of nitrogens with one attached hydrogen (secondary N) is 1. The number of hydrogen-bond donors (Lipinski definition) is 1. The minimum atomic E-state index is -0.361. The average Bonchev–Trinajstić information content (AvgIpc) is 2.04. The molecule has 0 fully saturated rings. The van der Waals surface area contributed by atoms with Crippen LogP contribution in [0.25, 0.3) is 0 Å². The summed E-state index contributed by atoms with van der Waals surface area (Å²) in [6.07, 6.45) is 0. The Morgan fingerprint density at radius 2 is 2.31 bits per heavy atom. The zero-order chi connectivity index (χ0) is 9.84. The van der Waals surface area contributed by atoms with Crippen molar-refractivity contribution in [2.75, 3.05) is 6.54 Å². The molecule has 0 aliphatic rings. The predicted molar refractivity (Wildman–Crippen MR) is 52.1 cm³/mol. The summed E-state index contributed by atoms with van der Waals surface area (Å²) in [5.41, 5.74) is 0.447. The summed E-state index contributed by atoms with van der Waals surface area (Å²) in [5, 5.41) is 2.63. The first-order valence-corrected chi connectivity index (χ1v) is 4.67. The van der Waals surface area contributed by atoms with Crippen LogP contribution in [0.3, 0.4) is 0 Å². The summed E-state index contributed by atoms with van der Waals surface area (Å²) >= 11 is 3.12. The molecular formula is C9H9BrFNO. The van der Waals surface area contributed by atoms with Crippen molar-refractivity contribution in [2.24, 2.45) is 0 Å². The summed E-state index contributed by atoms with van der Waals surface area (Å²) < 4.78 is 13.1. The van der Waals surface area contributed by atoms with E-state index in [0.29, 0.717) is 16.6 Å². The SMILES string of the molecule is CCNC(=O)c1ccc(F)cc1Br. The standard InChI is InChI=1S/C9H9BrFNO/c1-2-12-9(13)7-4-3-6(11)5-8(7)10/h3-5H,2H2,1H3,(H,12,13). The molecule has 1 N–H and O–H groups in total. The van der Waals surface area contributed by atoms with Gasteiger partial charge < -0.3 is 5.32 Å². The van der Waals surface area contributed by atoms with E-state index in [9.17, 15) is 9.18 Å². The topological polar surface area (TPSA) is 29.1 Å². The summed E-state index contributed by atoms with van der Waals surface area (Å²) in [6, 6.07) is 3.98. The lowest BCUT2D eigenvalue weighted by Gasteiger charge is -2.03. The van der Waals surface area contributed by atoms with E-state index in [1.165, 1.54) is 18.2 Å². The molecule has 0 atom stereocenters. The number of halogens is 2. The Kier molecular flexibility index (Phi) is 3.42. The highest BCUT2D eigenvalue weighted by Crippen LogP contribution is 2.17. The predicted octanol–water partition coefficient (Wildman–Crippen LogP) is 2.34. The van der Waals surface area contributed by atoms with Crippen LogP contribution in [0.2, 0.25) is 0 Å². The molecule has 70 valence electrons. The Hall–Kier alpha value is -0.900. The van der Waals surface area contributed by atoms with Gasteiger partial charge in [-0.05, 0) is 41.1 Å². The number of hydrogen-bond acceptors (Lipinski definition) is 1. The van der Waals surface area contributed by atoms with Crippen LogP contribution in [0.1, 0.15) is 17.3 Å². The summed E-state index contributed by atoms with van der Waals surface area (Å²) in [5.74, 6) is -0.561. The van der Waals surface area contributed by atoms with E-state index in [2.05, 4.69) is 21.2 Å². The quantitative estimate of drug-likeness (QED) is 0.852. The minimum Gasteiger partial charge on any atom is -0.352 e. The van der Waals surface area contributed by atoms with Crippen molar-refractivity contribution in [3.63, 3.8) is 0 Å². The average molecular weight is 246 g/mol. The number of benzene rings is 1. The van der Waals surface area contributed by atoms with Gasteiger partial charge in [0.1, 0.15) is 5.82 Å². The highest BCUT2D eigenvalue weighted by molar-refractivity contribution is 9.10. The van der Waals surface area contributed by atoms with Crippen LogP contribution in [0.4, 0.5) is 4.39 Å². The third-order valence-corrected chi connectivity index (χ3v) is 2.17. The van der Waals surface area contributed by atoms with Gasteiger partial charge in [-0.15, -0.1) is 0 Å². The second kappa shape index (κ2) is 4.37. The smallest absolute Gasteiger partial charge is 0.252 e. The third-order valence-electron chi connectivity index (χ3n) is 1.51. The maximum atomic E-state index is 12.6. The number of carbonyl (C=O) groups excluding carboxylic acids is 1. The van der Waals surface area contributed by atoms with Crippen LogP contribution < -0.4 is 5.32 Å². The monoisotopic (exact) mass is 245 g/mol. The third kappa shape index (κ3) is 2.52. The fourth-order valence-corrected chi connectivity index (χ4v) is 1.46. The van der Waals surface area contributed by atoms with Crippen LogP contribution in [0.15, 0.2) is 22.7 Å². The first-order valence-electron chi connectivity index (χ1n) is 3.88. The van der Waals surface area contributed by atoms with Crippen molar-refractivity contribution in [1.29, 1.82) is 0 Å². The van der Waals surface area contributed by atoms with Crippen LogP contribution in [0.5, 0.6) is 0 Å². The molecular weight excluding hydrogens is 237 g/mol. The molecule has 13 heavy (non-hydrogen) atoms. The molecule has 0 spiro atoms. The van der Waals surface area contributed by atoms with Crippen LogP contribution >= 0.6 is 15.9 Å². The van der Waals surface area contributed by atoms with Crippen molar-refractivity contribution in [2.45, 2.75) is 6.92 Å². The van der Waals surface area contributed by atoms with Crippen molar-refractivity contribution >= 4 is 21.8 Å². The van der Waals surface area contributed by atoms with Crippen LogP contribution in [0, 0.1) is 5.82 Å². The highest BCUT2D eigenvalue weighted by atomic mass is 79.9. The Balaban J connectivity index is 2.95. The molecule has 4 heteroatoms. The molecule has 0 heterocycles. The first kappa shape index (κ1) is 10.2. The van der Waals surface area contributed by atoms with Crippen molar-refractivity contribution in [1.82, 2.24) is 5.32 Å². The molecule has 1 amide bonds. The molecule has 1 aromatic rings. The maximum absolute atomic E-state index is 12.6. The fraction of sp³-hybridized carbons (Fsp3) is 0.222. The molecule has 1 aromatic carbocycles. The van der Waals surface area contributed by atoms with Gasteiger partial charge >= 0.3 is 0 Å². The van der Waals surface area contributed by atoms with E-state index in [4.69, 9.17) is 0 Å². The van der Waals surface area contributed by atoms with Gasteiger partial charge in [-0.25, -0.2) is 4.39 Å². The fourth-order valence-electron chi connectivity index (χ4n) is 0.929. The van der Waals surface area contributed by atoms with Gasteiger partial charge in [-0.3, -0.25) is 4.79 Å². The van der Waals surface area contributed by atoms with Crippen molar-refractivity contribution in [3.05, 3.63) is 34.1 Å². The minimum absolute atomic E-state index is 0.200. The summed E-state index contributed by atoms with van der Waals surface area (Å²) in [7, 11) is 0. The molecule has 0 bridgehead atoms. The van der Waals surface area contributed by atoms with Gasteiger partial charge in [0.15, 0.2) is 0 Å². The molecule has 0 unspecified atom stereocenters. The Morgan fingerprint density at radius 3 is 2.85 bits per heavy atom. The van der Waals surface area contributed by atoms with Gasteiger partial charge in [0.2, 0.25) is 0 Å². The number of carbonyl (C=O) groups is 1. The highest BCUT2D eigenvalue weighted by Gasteiger charge is 2.08. The van der Waals surface area contributed by atoms with Gasteiger partial charge in [-0.2, -0.15) is 0 Å². The van der Waals surface area contributed by atoms with Crippen molar-refractivity contribution < 1.29 is 9.18 Å². The summed E-state index contributed by atoms with van der Waals surface area (Å²) in [4.78, 5) is 11.3. The van der Waals surface area contributed by atoms with Gasteiger partial charge in [0.05, 0.1) is 5.56 Å². The van der Waals surface area contributed by atoms with Gasteiger partial charge in [0.25, 0.3) is 5.91 Å². The molecule has 2 nitrogen and oxygen atoms in total. The zero-order valence-corrected chi connectivity index (χ0v) is 8.69. The van der Waals surface area contributed by atoms with E-state index in [1.807, 2.05) is 6.92 Å². The Bertz CT molecular complexity index is 327. The Morgan fingerprint density at radius 1 is 1.62 bits per heavy atom. The molecule has 0 aliphatic heterocycles. The first-order chi connectivity index (χ1) is 6.15. The van der Waals surface area contributed by atoms with Crippen LogP contribution in [-0.4, -0.2) is 12.5 Å². The lowest BCUT2D eigenvalue weighted by Crippen LogP contribution is -2.22. The molecule has 0 aromatic heterocycles. The molecule has 0 aliphatic carbocycles.